The van der Waals surface area contributed by atoms with Gasteiger partial charge < -0.3 is 14.8 Å². The summed E-state index contributed by atoms with van der Waals surface area (Å²) in [5.74, 6) is -2.08. The molecule has 5 nitrogen and oxygen atoms in total. The van der Waals surface area contributed by atoms with Crippen LogP contribution in [0.3, 0.4) is 0 Å². The van der Waals surface area contributed by atoms with Gasteiger partial charge in [0.15, 0.2) is 0 Å². The summed E-state index contributed by atoms with van der Waals surface area (Å²) in [5, 5.41) is 11.4. The predicted molar refractivity (Wildman–Crippen MR) is 88.3 cm³/mol. The Kier molecular flexibility index (Phi) is 5.44. The minimum atomic E-state index is -4.55. The molecule has 140 valence electrons. The highest BCUT2D eigenvalue weighted by Gasteiger charge is 2.31. The number of nitrogens with one attached hydrogen (secondary N) is 1. The van der Waals surface area contributed by atoms with Gasteiger partial charge in [0.2, 0.25) is 0 Å². The number of furan rings is 1. The van der Waals surface area contributed by atoms with Gasteiger partial charge in [-0.15, -0.1) is 0 Å². The molecule has 0 atom stereocenters. The molecular weight excluding hydrogens is 351 g/mol. The highest BCUT2D eigenvalue weighted by atomic mass is 19.4. The molecule has 2 aromatic rings. The number of carboxylic acid groups (broad SMARTS) is 1. The van der Waals surface area contributed by atoms with Crippen molar-refractivity contribution < 1.29 is 32.3 Å². The SMILES string of the molecule is Cc1coc(CC(=O)O)c1C(=O)Nc1cc(C(F)(F)F)ccc1C(C)C. The van der Waals surface area contributed by atoms with Crippen LogP contribution in [0.25, 0.3) is 0 Å². The van der Waals surface area contributed by atoms with Crippen molar-refractivity contribution in [2.24, 2.45) is 0 Å². The Bertz CT molecular complexity index is 837. The Labute approximate surface area is 147 Å². The van der Waals surface area contributed by atoms with Crippen LogP contribution in [0.2, 0.25) is 0 Å². The van der Waals surface area contributed by atoms with E-state index in [0.29, 0.717) is 11.1 Å². The molecule has 0 aliphatic carbocycles. The van der Waals surface area contributed by atoms with E-state index in [1.54, 1.807) is 20.8 Å². The fourth-order valence-electron chi connectivity index (χ4n) is 2.60. The number of rotatable bonds is 5. The summed E-state index contributed by atoms with van der Waals surface area (Å²) >= 11 is 0. The second kappa shape index (κ2) is 7.23. The molecule has 2 rings (SSSR count). The number of aliphatic carboxylic acids is 1. The monoisotopic (exact) mass is 369 g/mol. The van der Waals surface area contributed by atoms with Gasteiger partial charge in [0.05, 0.1) is 17.4 Å². The first kappa shape index (κ1) is 19.6. The third-order valence-corrected chi connectivity index (χ3v) is 3.84. The standard InChI is InChI=1S/C18H18F3NO4/c1-9(2)12-5-4-11(18(19,20)21)6-13(12)22-17(25)16-10(3)8-26-14(16)7-15(23)24/h4-6,8-9H,7H2,1-3H3,(H,22,25)(H,23,24). The lowest BCUT2D eigenvalue weighted by Crippen LogP contribution is -2.17. The minimum Gasteiger partial charge on any atom is -0.481 e. The Morgan fingerprint density at radius 1 is 1.27 bits per heavy atom. The van der Waals surface area contributed by atoms with Crippen LogP contribution in [0.4, 0.5) is 18.9 Å². The van der Waals surface area contributed by atoms with Crippen molar-refractivity contribution in [3.63, 3.8) is 0 Å². The smallest absolute Gasteiger partial charge is 0.416 e. The summed E-state index contributed by atoms with van der Waals surface area (Å²) in [5.41, 5.74) is 0.0946. The lowest BCUT2D eigenvalue weighted by molar-refractivity contribution is -0.138. The molecule has 0 saturated heterocycles. The van der Waals surface area contributed by atoms with E-state index < -0.39 is 30.0 Å². The minimum absolute atomic E-state index is 0.0134. The van der Waals surface area contributed by atoms with E-state index >= 15 is 0 Å². The van der Waals surface area contributed by atoms with E-state index in [0.717, 1.165) is 12.1 Å². The van der Waals surface area contributed by atoms with Gasteiger partial charge in [0, 0.05) is 11.3 Å². The molecule has 0 unspecified atom stereocenters. The van der Waals surface area contributed by atoms with Crippen LogP contribution in [0, 0.1) is 6.92 Å². The average Bonchev–Trinajstić information content (AvgIpc) is 2.85. The van der Waals surface area contributed by atoms with Gasteiger partial charge >= 0.3 is 12.1 Å². The number of carbonyl (C=O) groups is 2. The summed E-state index contributed by atoms with van der Waals surface area (Å²) in [6, 6.07) is 3.16. The molecule has 1 aromatic carbocycles. The van der Waals surface area contributed by atoms with E-state index in [9.17, 15) is 22.8 Å². The van der Waals surface area contributed by atoms with E-state index in [4.69, 9.17) is 9.52 Å². The normalized spacial score (nSPS) is 11.7. The molecule has 1 amide bonds. The molecule has 2 N–H and O–H groups in total. The molecule has 0 saturated carbocycles. The molecular formula is C18H18F3NO4. The van der Waals surface area contributed by atoms with E-state index in [2.05, 4.69) is 5.32 Å². The topological polar surface area (TPSA) is 79.5 Å². The third kappa shape index (κ3) is 4.25. The molecule has 0 aliphatic heterocycles. The summed E-state index contributed by atoms with van der Waals surface area (Å²) in [6.45, 7) is 5.13. The number of carboxylic acids is 1. The maximum Gasteiger partial charge on any atom is 0.416 e. The molecule has 0 spiro atoms. The zero-order chi connectivity index (χ0) is 19.6. The van der Waals surface area contributed by atoms with E-state index in [1.807, 2.05) is 0 Å². The summed E-state index contributed by atoms with van der Waals surface area (Å²) < 4.78 is 44.1. The van der Waals surface area contributed by atoms with Crippen LogP contribution in [-0.2, 0) is 17.4 Å². The average molecular weight is 369 g/mol. The van der Waals surface area contributed by atoms with Crippen molar-refractivity contribution in [2.45, 2.75) is 39.3 Å². The second-order valence-electron chi connectivity index (χ2n) is 6.20. The number of benzene rings is 1. The molecule has 0 bridgehead atoms. The molecule has 0 fully saturated rings. The number of anilines is 1. The zero-order valence-corrected chi connectivity index (χ0v) is 14.4. The Balaban J connectivity index is 2.43. The van der Waals surface area contributed by atoms with Crippen molar-refractivity contribution in [1.29, 1.82) is 0 Å². The molecule has 1 aromatic heterocycles. The van der Waals surface area contributed by atoms with Gasteiger partial charge in [-0.25, -0.2) is 0 Å². The predicted octanol–water partition coefficient (Wildman–Crippen LogP) is 4.61. The summed E-state index contributed by atoms with van der Waals surface area (Å²) in [6.07, 6.45) is -3.81. The maximum absolute atomic E-state index is 13.0. The zero-order valence-electron chi connectivity index (χ0n) is 14.4. The Hall–Kier alpha value is -2.77. The second-order valence-corrected chi connectivity index (χ2v) is 6.20. The van der Waals surface area contributed by atoms with Gasteiger partial charge in [-0.05, 0) is 30.5 Å². The first-order valence-corrected chi connectivity index (χ1v) is 7.82. The van der Waals surface area contributed by atoms with Crippen molar-refractivity contribution >= 4 is 17.6 Å². The fourth-order valence-corrected chi connectivity index (χ4v) is 2.60. The van der Waals surface area contributed by atoms with Crippen LogP contribution in [0.1, 0.15) is 52.6 Å². The van der Waals surface area contributed by atoms with Gasteiger partial charge in [-0.3, -0.25) is 9.59 Å². The summed E-state index contributed by atoms with van der Waals surface area (Å²) in [4.78, 5) is 23.5. The Morgan fingerprint density at radius 2 is 1.92 bits per heavy atom. The van der Waals surface area contributed by atoms with Gasteiger partial charge in [0.25, 0.3) is 5.91 Å². The molecule has 26 heavy (non-hydrogen) atoms. The third-order valence-electron chi connectivity index (χ3n) is 3.84. The fraction of sp³-hybridized carbons (Fsp3) is 0.333. The van der Waals surface area contributed by atoms with Crippen molar-refractivity contribution in [1.82, 2.24) is 0 Å². The first-order chi connectivity index (χ1) is 12.0. The van der Waals surface area contributed by atoms with E-state index in [-0.39, 0.29) is 22.9 Å². The van der Waals surface area contributed by atoms with Crippen LogP contribution >= 0.6 is 0 Å². The van der Waals surface area contributed by atoms with Crippen LogP contribution in [0.5, 0.6) is 0 Å². The summed E-state index contributed by atoms with van der Waals surface area (Å²) in [7, 11) is 0. The van der Waals surface area contributed by atoms with Gasteiger partial charge in [-0.2, -0.15) is 13.2 Å². The van der Waals surface area contributed by atoms with Crippen molar-refractivity contribution in [3.8, 4) is 0 Å². The van der Waals surface area contributed by atoms with Gasteiger partial charge in [0.1, 0.15) is 12.2 Å². The lowest BCUT2D eigenvalue weighted by Gasteiger charge is -2.17. The van der Waals surface area contributed by atoms with Crippen molar-refractivity contribution in [3.05, 3.63) is 52.5 Å². The molecule has 0 radical (unpaired) electrons. The lowest BCUT2D eigenvalue weighted by atomic mass is 9.98. The molecule has 8 heteroatoms. The number of amides is 1. The number of hydrogen-bond donors (Lipinski definition) is 2. The molecule has 1 heterocycles. The quantitative estimate of drug-likeness (QED) is 0.807. The number of aryl methyl sites for hydroxylation is 1. The maximum atomic E-state index is 13.0. The highest BCUT2D eigenvalue weighted by molar-refractivity contribution is 6.06. The van der Waals surface area contributed by atoms with E-state index in [1.165, 1.54) is 12.3 Å². The van der Waals surface area contributed by atoms with Gasteiger partial charge in [-0.1, -0.05) is 19.9 Å². The van der Waals surface area contributed by atoms with Crippen LogP contribution in [0.15, 0.2) is 28.9 Å². The number of alkyl halides is 3. The first-order valence-electron chi connectivity index (χ1n) is 7.82. The van der Waals surface area contributed by atoms with Crippen molar-refractivity contribution in [2.75, 3.05) is 5.32 Å². The highest BCUT2D eigenvalue weighted by Crippen LogP contribution is 2.34. The number of carbonyl (C=O) groups excluding carboxylic acids is 1. The van der Waals surface area contributed by atoms with Crippen LogP contribution < -0.4 is 5.32 Å². The molecule has 0 aliphatic rings. The number of hydrogen-bond acceptors (Lipinski definition) is 3. The Morgan fingerprint density at radius 3 is 2.46 bits per heavy atom. The number of halogens is 3. The van der Waals surface area contributed by atoms with Crippen LogP contribution in [-0.4, -0.2) is 17.0 Å². The largest absolute Gasteiger partial charge is 0.481 e.